The summed E-state index contributed by atoms with van der Waals surface area (Å²) in [5.74, 6) is 2.18. The van der Waals surface area contributed by atoms with Crippen molar-refractivity contribution in [3.05, 3.63) is 29.3 Å². The van der Waals surface area contributed by atoms with Crippen LogP contribution in [0.15, 0.2) is 18.2 Å². The Kier molecular flexibility index (Phi) is 4.92. The van der Waals surface area contributed by atoms with E-state index in [1.807, 2.05) is 11.8 Å². The number of likely N-dealkylation sites (N-methyl/N-ethyl adjacent to an activating group) is 1. The maximum absolute atomic E-state index is 5.94. The third kappa shape index (κ3) is 2.99. The van der Waals surface area contributed by atoms with Gasteiger partial charge in [-0.15, -0.1) is 0 Å². The van der Waals surface area contributed by atoms with E-state index in [2.05, 4.69) is 36.4 Å². The molecule has 0 aliphatic carbocycles. The first kappa shape index (κ1) is 13.7. The molecule has 0 amide bonds. The molecule has 1 aromatic carbocycles. The number of thioether (sulfide) groups is 1. The van der Waals surface area contributed by atoms with Gasteiger partial charge in [0.15, 0.2) is 0 Å². The van der Waals surface area contributed by atoms with Crippen LogP contribution in [0.25, 0.3) is 0 Å². The van der Waals surface area contributed by atoms with Crippen molar-refractivity contribution in [2.75, 3.05) is 38.8 Å². The predicted octanol–water partition coefficient (Wildman–Crippen LogP) is 1.92. The van der Waals surface area contributed by atoms with E-state index in [0.29, 0.717) is 12.6 Å². The van der Waals surface area contributed by atoms with Gasteiger partial charge in [-0.2, -0.15) is 11.8 Å². The Labute approximate surface area is 114 Å². The van der Waals surface area contributed by atoms with E-state index < -0.39 is 0 Å². The van der Waals surface area contributed by atoms with Crippen molar-refractivity contribution in [2.24, 2.45) is 5.73 Å². The fourth-order valence-electron chi connectivity index (χ4n) is 2.38. The summed E-state index contributed by atoms with van der Waals surface area (Å²) in [4.78, 5) is 2.34. The molecule has 4 heteroatoms. The van der Waals surface area contributed by atoms with Crippen molar-refractivity contribution in [1.82, 2.24) is 4.90 Å². The minimum atomic E-state index is 0.308. The van der Waals surface area contributed by atoms with Crippen molar-refractivity contribution in [3.8, 4) is 5.75 Å². The van der Waals surface area contributed by atoms with Crippen LogP contribution in [0.4, 0.5) is 0 Å². The van der Waals surface area contributed by atoms with Gasteiger partial charge in [-0.05, 0) is 30.5 Å². The summed E-state index contributed by atoms with van der Waals surface area (Å²) in [5, 5.41) is 0. The lowest BCUT2D eigenvalue weighted by atomic mass is 10.0. The van der Waals surface area contributed by atoms with Gasteiger partial charge in [0.05, 0.1) is 6.61 Å². The lowest BCUT2D eigenvalue weighted by molar-refractivity contribution is 0.265. The number of nitrogens with two attached hydrogens (primary N) is 1. The summed E-state index contributed by atoms with van der Waals surface area (Å²) in [6.07, 6.45) is 3.16. The molecule has 1 unspecified atom stereocenters. The Morgan fingerprint density at radius 2 is 2.33 bits per heavy atom. The molecule has 18 heavy (non-hydrogen) atoms. The summed E-state index contributed by atoms with van der Waals surface area (Å²) < 4.78 is 5.54. The zero-order valence-corrected chi connectivity index (χ0v) is 12.0. The van der Waals surface area contributed by atoms with Crippen LogP contribution in [0.5, 0.6) is 5.75 Å². The van der Waals surface area contributed by atoms with Crippen LogP contribution in [0.2, 0.25) is 0 Å². The third-order valence-corrected chi connectivity index (χ3v) is 4.09. The number of benzene rings is 1. The van der Waals surface area contributed by atoms with Gasteiger partial charge in [0.1, 0.15) is 5.75 Å². The van der Waals surface area contributed by atoms with E-state index >= 15 is 0 Å². The number of rotatable bonds is 6. The molecule has 0 saturated carbocycles. The number of fused-ring (bicyclic) bond motifs is 1. The molecular weight excluding hydrogens is 244 g/mol. The van der Waals surface area contributed by atoms with Gasteiger partial charge in [0, 0.05) is 31.3 Å². The predicted molar refractivity (Wildman–Crippen MR) is 78.4 cm³/mol. The van der Waals surface area contributed by atoms with E-state index in [4.69, 9.17) is 10.5 Å². The van der Waals surface area contributed by atoms with E-state index in [1.54, 1.807) is 0 Å². The molecule has 0 radical (unpaired) electrons. The SMILES string of the molecule is CSCCN(C)C(CN)c1ccc2c(c1)CCO2. The highest BCUT2D eigenvalue weighted by molar-refractivity contribution is 7.98. The average Bonchev–Trinajstić information content (AvgIpc) is 2.84. The normalized spacial score (nSPS) is 15.6. The Hall–Kier alpha value is -0.710. The van der Waals surface area contributed by atoms with Crippen molar-refractivity contribution >= 4 is 11.8 Å². The number of hydrogen-bond acceptors (Lipinski definition) is 4. The standard InChI is InChI=1S/C14H22N2OS/c1-16(6-8-18-2)13(10-15)11-3-4-14-12(9-11)5-7-17-14/h3-4,9,13H,5-8,10,15H2,1-2H3. The number of nitrogens with zero attached hydrogens (tertiary/aromatic N) is 1. The highest BCUT2D eigenvalue weighted by Crippen LogP contribution is 2.29. The second-order valence-electron chi connectivity index (χ2n) is 4.69. The van der Waals surface area contributed by atoms with E-state index in [1.165, 1.54) is 11.1 Å². The molecule has 1 aliphatic heterocycles. The highest BCUT2D eigenvalue weighted by atomic mass is 32.2. The molecule has 1 heterocycles. The second-order valence-corrected chi connectivity index (χ2v) is 5.68. The summed E-state index contributed by atoms with van der Waals surface area (Å²) in [7, 11) is 2.15. The summed E-state index contributed by atoms with van der Waals surface area (Å²) in [5.41, 5.74) is 8.58. The van der Waals surface area contributed by atoms with Gasteiger partial charge in [-0.25, -0.2) is 0 Å². The molecule has 1 aromatic rings. The first-order valence-corrected chi connectivity index (χ1v) is 7.80. The summed E-state index contributed by atoms with van der Waals surface area (Å²) >= 11 is 1.87. The van der Waals surface area contributed by atoms with Gasteiger partial charge < -0.3 is 10.5 Å². The lowest BCUT2D eigenvalue weighted by Gasteiger charge is -2.27. The van der Waals surface area contributed by atoms with Crippen molar-refractivity contribution in [3.63, 3.8) is 0 Å². The first-order valence-electron chi connectivity index (χ1n) is 6.41. The molecule has 3 nitrogen and oxygen atoms in total. The van der Waals surface area contributed by atoms with Crippen LogP contribution in [-0.2, 0) is 6.42 Å². The summed E-state index contributed by atoms with van der Waals surface area (Å²) in [6, 6.07) is 6.80. The lowest BCUT2D eigenvalue weighted by Crippen LogP contribution is -2.32. The van der Waals surface area contributed by atoms with Crippen molar-refractivity contribution in [1.29, 1.82) is 0 Å². The quantitative estimate of drug-likeness (QED) is 0.854. The minimum Gasteiger partial charge on any atom is -0.493 e. The third-order valence-electron chi connectivity index (χ3n) is 3.50. The largest absolute Gasteiger partial charge is 0.493 e. The Morgan fingerprint density at radius 3 is 3.06 bits per heavy atom. The van der Waals surface area contributed by atoms with Crippen LogP contribution < -0.4 is 10.5 Å². The molecule has 0 fully saturated rings. The molecule has 0 aromatic heterocycles. The van der Waals surface area contributed by atoms with Gasteiger partial charge in [0.25, 0.3) is 0 Å². The van der Waals surface area contributed by atoms with Crippen molar-refractivity contribution < 1.29 is 4.74 Å². The Balaban J connectivity index is 2.12. The zero-order valence-electron chi connectivity index (χ0n) is 11.2. The van der Waals surface area contributed by atoms with E-state index in [9.17, 15) is 0 Å². The fourth-order valence-corrected chi connectivity index (χ4v) is 2.85. The van der Waals surface area contributed by atoms with Crippen LogP contribution in [0.3, 0.4) is 0 Å². The average molecular weight is 266 g/mol. The number of ether oxygens (including phenoxy) is 1. The molecule has 0 saturated heterocycles. The monoisotopic (exact) mass is 266 g/mol. The minimum absolute atomic E-state index is 0.308. The van der Waals surface area contributed by atoms with E-state index in [-0.39, 0.29) is 0 Å². The van der Waals surface area contributed by atoms with Gasteiger partial charge >= 0.3 is 0 Å². The highest BCUT2D eigenvalue weighted by Gasteiger charge is 2.18. The molecule has 0 spiro atoms. The van der Waals surface area contributed by atoms with Crippen LogP contribution in [-0.4, -0.2) is 43.7 Å². The Bertz CT molecular complexity index is 397. The zero-order chi connectivity index (χ0) is 13.0. The molecule has 0 bridgehead atoms. The van der Waals surface area contributed by atoms with Crippen LogP contribution in [0, 0.1) is 0 Å². The van der Waals surface area contributed by atoms with Gasteiger partial charge in [0.2, 0.25) is 0 Å². The van der Waals surface area contributed by atoms with Crippen molar-refractivity contribution in [2.45, 2.75) is 12.5 Å². The smallest absolute Gasteiger partial charge is 0.122 e. The topological polar surface area (TPSA) is 38.5 Å². The number of hydrogen-bond donors (Lipinski definition) is 1. The molecule has 1 aliphatic rings. The van der Waals surface area contributed by atoms with Gasteiger partial charge in [-0.1, -0.05) is 12.1 Å². The molecule has 1 atom stereocenters. The molecular formula is C14H22N2OS. The maximum Gasteiger partial charge on any atom is 0.122 e. The molecule has 2 N–H and O–H groups in total. The van der Waals surface area contributed by atoms with E-state index in [0.717, 1.165) is 31.1 Å². The molecule has 2 rings (SSSR count). The fraction of sp³-hybridized carbons (Fsp3) is 0.571. The molecule has 100 valence electrons. The summed E-state index contributed by atoms with van der Waals surface area (Å²) in [6.45, 7) is 2.54. The maximum atomic E-state index is 5.94. The second kappa shape index (κ2) is 6.45. The Morgan fingerprint density at radius 1 is 1.50 bits per heavy atom. The van der Waals surface area contributed by atoms with Crippen LogP contribution in [0.1, 0.15) is 17.2 Å². The van der Waals surface area contributed by atoms with Crippen LogP contribution >= 0.6 is 11.8 Å². The van der Waals surface area contributed by atoms with Gasteiger partial charge in [-0.3, -0.25) is 4.90 Å². The first-order chi connectivity index (χ1) is 8.76.